The maximum Gasteiger partial charge on any atom is 0.185 e. The molecule has 1 heterocycles. The molecule has 6 heteroatoms. The van der Waals surface area contributed by atoms with Crippen LogP contribution in [-0.2, 0) is 0 Å². The molecule has 0 amide bonds. The number of rotatable bonds is 5. The third-order valence-electron chi connectivity index (χ3n) is 3.57. The predicted octanol–water partition coefficient (Wildman–Crippen LogP) is 6.68. The second-order valence-electron chi connectivity index (χ2n) is 5.39. The van der Waals surface area contributed by atoms with E-state index >= 15 is 0 Å². The summed E-state index contributed by atoms with van der Waals surface area (Å²) in [6.07, 6.45) is 4.86. The summed E-state index contributed by atoms with van der Waals surface area (Å²) < 4.78 is 0. The second kappa shape index (κ2) is 8.37. The third kappa shape index (κ3) is 4.64. The first-order valence-electron chi connectivity index (χ1n) is 7.68. The minimum absolute atomic E-state index is 0.124. The Morgan fingerprint density at radius 1 is 0.962 bits per heavy atom. The van der Waals surface area contributed by atoms with Gasteiger partial charge in [-0.1, -0.05) is 34.8 Å². The van der Waals surface area contributed by atoms with E-state index in [2.05, 4.69) is 10.3 Å². The van der Waals surface area contributed by atoms with E-state index in [0.717, 1.165) is 5.56 Å². The monoisotopic (exact) mass is 402 g/mol. The van der Waals surface area contributed by atoms with Crippen molar-refractivity contribution in [1.29, 1.82) is 0 Å². The van der Waals surface area contributed by atoms with Crippen LogP contribution in [0.2, 0.25) is 15.1 Å². The van der Waals surface area contributed by atoms with E-state index < -0.39 is 0 Å². The van der Waals surface area contributed by atoms with Crippen LogP contribution in [0.5, 0.6) is 0 Å². The average Bonchev–Trinajstić information content (AvgIpc) is 2.63. The number of ketones is 1. The van der Waals surface area contributed by atoms with E-state index in [1.54, 1.807) is 60.8 Å². The molecule has 130 valence electrons. The summed E-state index contributed by atoms with van der Waals surface area (Å²) in [5.74, 6) is 0.456. The molecule has 0 atom stereocenters. The van der Waals surface area contributed by atoms with Crippen molar-refractivity contribution in [3.8, 4) is 0 Å². The summed E-state index contributed by atoms with van der Waals surface area (Å²) >= 11 is 18.0. The number of pyridine rings is 1. The number of aromatic nitrogens is 1. The summed E-state index contributed by atoms with van der Waals surface area (Å²) in [6.45, 7) is 0. The molecular formula is C20H13Cl3N2O. The normalized spacial score (nSPS) is 10.9. The number of allylic oxidation sites excluding steroid dienone is 1. The number of carbonyl (C=O) groups is 1. The predicted molar refractivity (Wildman–Crippen MR) is 109 cm³/mol. The number of hydrogen-bond donors (Lipinski definition) is 1. The summed E-state index contributed by atoms with van der Waals surface area (Å²) in [4.78, 5) is 16.6. The lowest BCUT2D eigenvalue weighted by Gasteiger charge is -2.10. The number of nitrogens with one attached hydrogen (secondary N) is 1. The van der Waals surface area contributed by atoms with Gasteiger partial charge in [0.05, 0.1) is 10.7 Å². The van der Waals surface area contributed by atoms with Crippen molar-refractivity contribution in [1.82, 2.24) is 4.98 Å². The molecule has 2 aromatic carbocycles. The highest BCUT2D eigenvalue weighted by Crippen LogP contribution is 2.29. The Bertz CT molecular complexity index is 969. The van der Waals surface area contributed by atoms with Crippen LogP contribution < -0.4 is 5.32 Å². The zero-order chi connectivity index (χ0) is 18.5. The van der Waals surface area contributed by atoms with Gasteiger partial charge in [-0.2, -0.15) is 0 Å². The van der Waals surface area contributed by atoms with Crippen LogP contribution in [0.1, 0.15) is 15.9 Å². The van der Waals surface area contributed by atoms with Gasteiger partial charge in [0.1, 0.15) is 5.82 Å². The lowest BCUT2D eigenvalue weighted by atomic mass is 10.1. The quantitative estimate of drug-likeness (QED) is 0.381. The van der Waals surface area contributed by atoms with E-state index in [1.807, 2.05) is 6.07 Å². The maximum absolute atomic E-state index is 12.3. The van der Waals surface area contributed by atoms with Crippen molar-refractivity contribution >= 4 is 58.2 Å². The largest absolute Gasteiger partial charge is 0.339 e. The highest BCUT2D eigenvalue weighted by atomic mass is 35.5. The fraction of sp³-hybridized carbons (Fsp3) is 0. The zero-order valence-electron chi connectivity index (χ0n) is 13.4. The molecule has 0 fully saturated rings. The molecule has 0 bridgehead atoms. The molecule has 0 aliphatic heterocycles. The second-order valence-corrected chi connectivity index (χ2v) is 6.67. The molecule has 3 nitrogen and oxygen atoms in total. The molecule has 1 aromatic heterocycles. The summed E-state index contributed by atoms with van der Waals surface area (Å²) in [7, 11) is 0. The van der Waals surface area contributed by atoms with Crippen molar-refractivity contribution in [2.75, 3.05) is 5.32 Å². The third-order valence-corrected chi connectivity index (χ3v) is 4.37. The smallest absolute Gasteiger partial charge is 0.185 e. The van der Waals surface area contributed by atoms with Gasteiger partial charge in [0.25, 0.3) is 0 Å². The molecule has 0 unspecified atom stereocenters. The first kappa shape index (κ1) is 18.5. The molecule has 0 saturated heterocycles. The van der Waals surface area contributed by atoms with Gasteiger partial charge in [0.15, 0.2) is 5.78 Å². The SMILES string of the molecule is O=C(C=Cc1cccnc1Nc1ccc(Cl)cc1Cl)c1ccc(Cl)cc1. The molecule has 0 spiro atoms. The Kier molecular flexibility index (Phi) is 5.94. The van der Waals surface area contributed by atoms with E-state index in [1.165, 1.54) is 6.08 Å². The number of anilines is 2. The van der Waals surface area contributed by atoms with Crippen molar-refractivity contribution in [3.05, 3.63) is 93.1 Å². The average molecular weight is 404 g/mol. The number of nitrogens with zero attached hydrogens (tertiary/aromatic N) is 1. The van der Waals surface area contributed by atoms with Crippen LogP contribution in [-0.4, -0.2) is 10.8 Å². The van der Waals surface area contributed by atoms with Gasteiger partial charge in [0, 0.05) is 27.4 Å². The molecule has 0 aliphatic rings. The molecule has 0 aliphatic carbocycles. The Balaban J connectivity index is 1.82. The molecule has 3 aromatic rings. The van der Waals surface area contributed by atoms with Crippen molar-refractivity contribution in [2.24, 2.45) is 0 Å². The van der Waals surface area contributed by atoms with Crippen LogP contribution in [0, 0.1) is 0 Å². The zero-order valence-corrected chi connectivity index (χ0v) is 15.7. The minimum atomic E-state index is -0.124. The Labute approximate surface area is 166 Å². The molecule has 1 N–H and O–H groups in total. The lowest BCUT2D eigenvalue weighted by Crippen LogP contribution is -1.97. The van der Waals surface area contributed by atoms with Gasteiger partial charge in [-0.3, -0.25) is 4.79 Å². The van der Waals surface area contributed by atoms with Crippen LogP contribution in [0.3, 0.4) is 0 Å². The van der Waals surface area contributed by atoms with Crippen LogP contribution in [0.15, 0.2) is 66.9 Å². The molecule has 26 heavy (non-hydrogen) atoms. The minimum Gasteiger partial charge on any atom is -0.339 e. The number of halogens is 3. The fourth-order valence-electron chi connectivity index (χ4n) is 2.25. The van der Waals surface area contributed by atoms with Crippen LogP contribution >= 0.6 is 34.8 Å². The molecule has 0 radical (unpaired) electrons. The Morgan fingerprint density at radius 2 is 1.69 bits per heavy atom. The topological polar surface area (TPSA) is 42.0 Å². The lowest BCUT2D eigenvalue weighted by molar-refractivity contribution is 0.104. The van der Waals surface area contributed by atoms with Gasteiger partial charge >= 0.3 is 0 Å². The van der Waals surface area contributed by atoms with E-state index in [9.17, 15) is 4.79 Å². The van der Waals surface area contributed by atoms with Gasteiger partial charge in [-0.25, -0.2) is 4.98 Å². The molecule has 3 rings (SSSR count). The van der Waals surface area contributed by atoms with Gasteiger partial charge < -0.3 is 5.32 Å². The van der Waals surface area contributed by atoms with Crippen LogP contribution in [0.4, 0.5) is 11.5 Å². The first-order valence-corrected chi connectivity index (χ1v) is 8.81. The van der Waals surface area contributed by atoms with E-state index in [0.29, 0.717) is 32.1 Å². The molecular weight excluding hydrogens is 391 g/mol. The number of carbonyl (C=O) groups excluding carboxylic acids is 1. The van der Waals surface area contributed by atoms with E-state index in [-0.39, 0.29) is 5.78 Å². The first-order chi connectivity index (χ1) is 12.5. The van der Waals surface area contributed by atoms with Gasteiger partial charge in [-0.05, 0) is 66.7 Å². The van der Waals surface area contributed by atoms with Crippen molar-refractivity contribution in [3.63, 3.8) is 0 Å². The summed E-state index contributed by atoms with van der Waals surface area (Å²) in [5, 5.41) is 4.78. The standard InChI is InChI=1S/C20H13Cl3N2O/c21-15-6-3-13(4-7-15)19(26)10-5-14-2-1-11-24-20(14)25-18-9-8-16(22)12-17(18)23/h1-12H,(H,24,25). The van der Waals surface area contributed by atoms with E-state index in [4.69, 9.17) is 34.8 Å². The van der Waals surface area contributed by atoms with Crippen molar-refractivity contribution in [2.45, 2.75) is 0 Å². The molecule has 0 saturated carbocycles. The number of benzene rings is 2. The maximum atomic E-state index is 12.3. The highest BCUT2D eigenvalue weighted by molar-refractivity contribution is 6.36. The Morgan fingerprint density at radius 3 is 2.42 bits per heavy atom. The van der Waals surface area contributed by atoms with Gasteiger partial charge in [0.2, 0.25) is 0 Å². The summed E-state index contributed by atoms with van der Waals surface area (Å²) in [5.41, 5.74) is 1.99. The van der Waals surface area contributed by atoms with Crippen LogP contribution in [0.25, 0.3) is 6.08 Å². The highest BCUT2D eigenvalue weighted by Gasteiger charge is 2.07. The van der Waals surface area contributed by atoms with Crippen molar-refractivity contribution < 1.29 is 4.79 Å². The summed E-state index contributed by atoms with van der Waals surface area (Å²) in [6, 6.07) is 15.5. The van der Waals surface area contributed by atoms with Gasteiger partial charge in [-0.15, -0.1) is 0 Å². The Hall–Kier alpha value is -2.33. The number of hydrogen-bond acceptors (Lipinski definition) is 3. The fourth-order valence-corrected chi connectivity index (χ4v) is 2.83.